The van der Waals surface area contributed by atoms with Gasteiger partial charge in [-0.1, -0.05) is 24.3 Å². The Morgan fingerprint density at radius 2 is 1.52 bits per heavy atom. The fourth-order valence-corrected chi connectivity index (χ4v) is 4.09. The van der Waals surface area contributed by atoms with Crippen molar-refractivity contribution in [3.05, 3.63) is 59.7 Å². The van der Waals surface area contributed by atoms with Crippen molar-refractivity contribution in [3.63, 3.8) is 0 Å². The van der Waals surface area contributed by atoms with Gasteiger partial charge in [0, 0.05) is 27.1 Å². The summed E-state index contributed by atoms with van der Waals surface area (Å²) >= 11 is 0. The summed E-state index contributed by atoms with van der Waals surface area (Å²) < 4.78 is 25.9. The highest BCUT2D eigenvalue weighted by Gasteiger charge is 2.34. The van der Waals surface area contributed by atoms with Gasteiger partial charge in [0.15, 0.2) is 0 Å². The zero-order valence-corrected chi connectivity index (χ0v) is 16.9. The minimum Gasteiger partial charge on any atom is -0.325 e. The first-order chi connectivity index (χ1) is 13.7. The zero-order chi connectivity index (χ0) is 21.2. The van der Waals surface area contributed by atoms with Crippen LogP contribution >= 0.6 is 0 Å². The summed E-state index contributed by atoms with van der Waals surface area (Å²) in [6, 6.07) is 12.7. The number of carbonyl (C=O) groups excluding carboxylic acids is 3. The van der Waals surface area contributed by atoms with Crippen molar-refractivity contribution in [2.24, 2.45) is 0 Å². The molecule has 3 amide bonds. The molecule has 2 aromatic rings. The highest BCUT2D eigenvalue weighted by Crippen LogP contribution is 2.24. The molecule has 0 spiro atoms. The van der Waals surface area contributed by atoms with E-state index in [4.69, 9.17) is 0 Å². The van der Waals surface area contributed by atoms with Crippen LogP contribution in [0.5, 0.6) is 0 Å². The van der Waals surface area contributed by atoms with Crippen LogP contribution in [-0.4, -0.2) is 56.0 Å². The van der Waals surface area contributed by atoms with Gasteiger partial charge in [-0.2, -0.15) is 0 Å². The van der Waals surface area contributed by atoms with E-state index in [1.165, 1.54) is 26.2 Å². The highest BCUT2D eigenvalue weighted by atomic mass is 32.2. The number of carbonyl (C=O) groups is 3. The molecule has 9 heteroatoms. The molecule has 0 atom stereocenters. The van der Waals surface area contributed by atoms with Crippen LogP contribution < -0.4 is 5.32 Å². The van der Waals surface area contributed by atoms with Crippen LogP contribution in [0, 0.1) is 0 Å². The quantitative estimate of drug-likeness (QED) is 0.696. The van der Waals surface area contributed by atoms with E-state index in [2.05, 4.69) is 5.32 Å². The maximum Gasteiger partial charge on any atom is 0.261 e. The van der Waals surface area contributed by atoms with E-state index in [9.17, 15) is 22.8 Å². The highest BCUT2D eigenvalue weighted by molar-refractivity contribution is 7.89. The van der Waals surface area contributed by atoms with Gasteiger partial charge in [-0.05, 0) is 30.7 Å². The van der Waals surface area contributed by atoms with E-state index in [0.717, 1.165) is 9.21 Å². The first-order valence-corrected chi connectivity index (χ1v) is 10.4. The smallest absolute Gasteiger partial charge is 0.261 e. The van der Waals surface area contributed by atoms with Crippen LogP contribution in [0.3, 0.4) is 0 Å². The van der Waals surface area contributed by atoms with E-state index in [1.54, 1.807) is 36.4 Å². The number of fused-ring (bicyclic) bond motifs is 1. The fraction of sp³-hybridized carbons (Fsp3) is 0.250. The summed E-state index contributed by atoms with van der Waals surface area (Å²) in [5, 5.41) is 2.60. The molecule has 1 aliphatic heterocycles. The molecule has 2 aromatic carbocycles. The minimum absolute atomic E-state index is 0.00121. The van der Waals surface area contributed by atoms with Gasteiger partial charge in [0.1, 0.15) is 4.90 Å². The summed E-state index contributed by atoms with van der Waals surface area (Å²) in [5.41, 5.74) is 0.918. The molecule has 0 saturated heterocycles. The van der Waals surface area contributed by atoms with Crippen molar-refractivity contribution in [2.45, 2.75) is 17.7 Å². The first-order valence-electron chi connectivity index (χ1n) is 9.00. The Bertz CT molecular complexity index is 1040. The van der Waals surface area contributed by atoms with Crippen LogP contribution in [0.15, 0.2) is 53.4 Å². The van der Waals surface area contributed by atoms with Gasteiger partial charge in [-0.25, -0.2) is 12.7 Å². The Balaban J connectivity index is 1.61. The fourth-order valence-electron chi connectivity index (χ4n) is 3.04. The molecule has 0 fully saturated rings. The lowest BCUT2D eigenvalue weighted by molar-refractivity contribution is -0.116. The lowest BCUT2D eigenvalue weighted by atomic mass is 10.1. The SMILES string of the molecule is CN(C)S(=O)(=O)c1ccccc1NC(=O)CCCN1C(=O)c2ccccc2C1=O. The lowest BCUT2D eigenvalue weighted by Crippen LogP contribution is -2.31. The predicted molar refractivity (Wildman–Crippen MR) is 107 cm³/mol. The first kappa shape index (κ1) is 20.7. The topological polar surface area (TPSA) is 104 Å². The number of benzene rings is 2. The summed E-state index contributed by atoms with van der Waals surface area (Å²) in [4.78, 5) is 38.1. The van der Waals surface area contributed by atoms with Crippen LogP contribution in [-0.2, 0) is 14.8 Å². The second-order valence-electron chi connectivity index (χ2n) is 6.74. The number of nitrogens with one attached hydrogen (secondary N) is 1. The van der Waals surface area contributed by atoms with Crippen LogP contribution in [0.4, 0.5) is 5.69 Å². The Morgan fingerprint density at radius 1 is 0.966 bits per heavy atom. The summed E-state index contributed by atoms with van der Waals surface area (Å²) in [6.45, 7) is 0.109. The normalized spacial score (nSPS) is 13.7. The molecule has 1 N–H and O–H groups in total. The molecule has 0 bridgehead atoms. The predicted octanol–water partition coefficient (Wildman–Crippen LogP) is 1.95. The Morgan fingerprint density at radius 3 is 2.10 bits per heavy atom. The molecule has 152 valence electrons. The second-order valence-corrected chi connectivity index (χ2v) is 8.86. The summed E-state index contributed by atoms with van der Waals surface area (Å²) in [6.07, 6.45) is 0.295. The number of rotatable bonds is 7. The number of sulfonamides is 1. The monoisotopic (exact) mass is 415 g/mol. The molecular weight excluding hydrogens is 394 g/mol. The van der Waals surface area contributed by atoms with Gasteiger partial charge in [-0.3, -0.25) is 19.3 Å². The number of hydrogen-bond acceptors (Lipinski definition) is 5. The zero-order valence-electron chi connectivity index (χ0n) is 16.1. The van der Waals surface area contributed by atoms with E-state index in [0.29, 0.717) is 11.1 Å². The average molecular weight is 415 g/mol. The summed E-state index contributed by atoms with van der Waals surface area (Å²) in [5.74, 6) is -1.13. The Kier molecular flexibility index (Phi) is 5.81. The second kappa shape index (κ2) is 8.14. The van der Waals surface area contributed by atoms with Gasteiger partial charge in [-0.15, -0.1) is 0 Å². The molecule has 0 saturated carbocycles. The number of amides is 3. The average Bonchev–Trinajstić information content (AvgIpc) is 2.93. The number of imide groups is 1. The maximum atomic E-state index is 12.4. The number of nitrogens with zero attached hydrogens (tertiary/aromatic N) is 2. The van der Waals surface area contributed by atoms with Gasteiger partial charge in [0.2, 0.25) is 15.9 Å². The van der Waals surface area contributed by atoms with E-state index >= 15 is 0 Å². The Hall–Kier alpha value is -3.04. The lowest BCUT2D eigenvalue weighted by Gasteiger charge is -2.16. The maximum absolute atomic E-state index is 12.4. The molecule has 29 heavy (non-hydrogen) atoms. The van der Waals surface area contributed by atoms with E-state index in [-0.39, 0.29) is 41.8 Å². The molecule has 1 heterocycles. The largest absolute Gasteiger partial charge is 0.325 e. The Labute approximate surface area is 169 Å². The van der Waals surface area contributed by atoms with Crippen molar-refractivity contribution in [3.8, 4) is 0 Å². The molecule has 1 aliphatic rings. The molecule has 0 unspecified atom stereocenters. The van der Waals surface area contributed by atoms with Crippen molar-refractivity contribution in [1.29, 1.82) is 0 Å². The third-order valence-corrected chi connectivity index (χ3v) is 6.46. The van der Waals surface area contributed by atoms with Gasteiger partial charge >= 0.3 is 0 Å². The van der Waals surface area contributed by atoms with Crippen LogP contribution in [0.25, 0.3) is 0 Å². The minimum atomic E-state index is -3.71. The van der Waals surface area contributed by atoms with Crippen molar-refractivity contribution < 1.29 is 22.8 Å². The number of anilines is 1. The molecule has 0 radical (unpaired) electrons. The van der Waals surface area contributed by atoms with Gasteiger partial charge in [0.25, 0.3) is 11.8 Å². The third kappa shape index (κ3) is 4.06. The summed E-state index contributed by atoms with van der Waals surface area (Å²) in [7, 11) is -0.885. The van der Waals surface area contributed by atoms with E-state index in [1.807, 2.05) is 0 Å². The third-order valence-electron chi connectivity index (χ3n) is 4.58. The van der Waals surface area contributed by atoms with Crippen molar-refractivity contribution in [2.75, 3.05) is 26.0 Å². The van der Waals surface area contributed by atoms with Gasteiger partial charge < -0.3 is 5.32 Å². The number of hydrogen-bond donors (Lipinski definition) is 1. The molecule has 3 rings (SSSR count). The standard InChI is InChI=1S/C20H21N3O5S/c1-22(2)29(27,28)17-11-6-5-10-16(17)21-18(24)12-7-13-23-19(25)14-8-3-4-9-15(14)20(23)26/h3-6,8-11H,7,12-13H2,1-2H3,(H,21,24). The van der Waals surface area contributed by atoms with Gasteiger partial charge in [0.05, 0.1) is 16.8 Å². The van der Waals surface area contributed by atoms with Crippen molar-refractivity contribution in [1.82, 2.24) is 9.21 Å². The van der Waals surface area contributed by atoms with Crippen LogP contribution in [0.1, 0.15) is 33.6 Å². The molecule has 8 nitrogen and oxygen atoms in total. The molecule has 0 aromatic heterocycles. The van der Waals surface area contributed by atoms with Crippen LogP contribution in [0.2, 0.25) is 0 Å². The van der Waals surface area contributed by atoms with Crippen molar-refractivity contribution >= 4 is 33.4 Å². The molecule has 0 aliphatic carbocycles. The molecular formula is C20H21N3O5S. The van der Waals surface area contributed by atoms with E-state index < -0.39 is 15.9 Å². The number of para-hydroxylation sites is 1.